The summed E-state index contributed by atoms with van der Waals surface area (Å²) in [6.45, 7) is 0. The van der Waals surface area contributed by atoms with Crippen LogP contribution in [0.15, 0.2) is 66.9 Å². The average Bonchev–Trinajstić information content (AvgIpc) is 2.68. The van der Waals surface area contributed by atoms with E-state index in [2.05, 4.69) is 4.98 Å². The van der Waals surface area contributed by atoms with Gasteiger partial charge in [0.2, 0.25) is 0 Å². The van der Waals surface area contributed by atoms with Crippen LogP contribution < -0.4 is 10.5 Å². The fourth-order valence-corrected chi connectivity index (χ4v) is 3.10. The van der Waals surface area contributed by atoms with Crippen LogP contribution in [0.1, 0.15) is 0 Å². The molecule has 4 rings (SSSR count). The summed E-state index contributed by atoms with van der Waals surface area (Å²) in [5.41, 5.74) is 10.3. The number of hydrogen-bond donors (Lipinski definition) is 1. The Morgan fingerprint density at radius 3 is 2.31 bits per heavy atom. The van der Waals surface area contributed by atoms with E-state index in [1.807, 2.05) is 54.6 Å². The lowest BCUT2D eigenvalue weighted by molar-refractivity contribution is 0.415. The van der Waals surface area contributed by atoms with Crippen LogP contribution in [0.5, 0.6) is 5.75 Å². The van der Waals surface area contributed by atoms with Crippen molar-refractivity contribution in [2.45, 2.75) is 0 Å². The van der Waals surface area contributed by atoms with Crippen molar-refractivity contribution in [2.75, 3.05) is 12.8 Å². The fraction of sp³-hybridized carbons (Fsp3) is 0.0476. The van der Waals surface area contributed by atoms with E-state index in [1.54, 1.807) is 19.4 Å². The van der Waals surface area contributed by atoms with Gasteiger partial charge in [-0.2, -0.15) is 0 Å². The smallest absolute Gasteiger partial charge is 0.123 e. The van der Waals surface area contributed by atoms with E-state index in [0.717, 1.165) is 39.0 Å². The zero-order chi connectivity index (χ0) is 18.1. The lowest BCUT2D eigenvalue weighted by atomic mass is 10.0. The van der Waals surface area contributed by atoms with Crippen LogP contribution in [0.25, 0.3) is 33.3 Å². The molecule has 0 aliphatic carbocycles. The van der Waals surface area contributed by atoms with Crippen LogP contribution in [-0.4, -0.2) is 17.1 Å². The van der Waals surface area contributed by atoms with Gasteiger partial charge in [-0.15, -0.1) is 0 Å². The highest BCUT2D eigenvalue weighted by atomic mass is 35.5. The first-order chi connectivity index (χ1) is 12.6. The molecule has 0 amide bonds. The Labute approximate surface area is 156 Å². The standard InChI is InChI=1S/C21H16ClN3O/c1-26-16-6-2-13(3-7-16)20-11-18(22)17-10-14(4-8-19(17)25-20)15-5-9-21(23)24-12-15/h2-12H,1H3,(H2,23,24). The minimum absolute atomic E-state index is 0.498. The van der Waals surface area contributed by atoms with Gasteiger partial charge in [0.05, 0.1) is 23.3 Å². The zero-order valence-electron chi connectivity index (χ0n) is 14.1. The maximum atomic E-state index is 6.55. The number of anilines is 1. The molecule has 2 aromatic carbocycles. The maximum absolute atomic E-state index is 6.55. The Kier molecular flexibility index (Phi) is 4.19. The van der Waals surface area contributed by atoms with E-state index >= 15 is 0 Å². The zero-order valence-corrected chi connectivity index (χ0v) is 14.9. The summed E-state index contributed by atoms with van der Waals surface area (Å²) in [6.07, 6.45) is 1.75. The van der Waals surface area contributed by atoms with Crippen LogP contribution >= 0.6 is 11.6 Å². The van der Waals surface area contributed by atoms with E-state index in [9.17, 15) is 0 Å². The van der Waals surface area contributed by atoms with Crippen LogP contribution in [-0.2, 0) is 0 Å². The third-order valence-electron chi connectivity index (χ3n) is 4.26. The van der Waals surface area contributed by atoms with Gasteiger partial charge in [0.1, 0.15) is 11.6 Å². The van der Waals surface area contributed by atoms with E-state index in [1.165, 1.54) is 0 Å². The fourth-order valence-electron chi connectivity index (χ4n) is 2.85. The van der Waals surface area contributed by atoms with Gasteiger partial charge in [0, 0.05) is 22.7 Å². The van der Waals surface area contributed by atoms with Crippen molar-refractivity contribution in [3.8, 4) is 28.1 Å². The van der Waals surface area contributed by atoms with Gasteiger partial charge in [-0.3, -0.25) is 0 Å². The van der Waals surface area contributed by atoms with Crippen molar-refractivity contribution >= 4 is 28.3 Å². The highest BCUT2D eigenvalue weighted by Crippen LogP contribution is 2.32. The number of nitrogen functional groups attached to an aromatic ring is 1. The summed E-state index contributed by atoms with van der Waals surface area (Å²) in [6, 6.07) is 19.4. The highest BCUT2D eigenvalue weighted by Gasteiger charge is 2.09. The second-order valence-electron chi connectivity index (χ2n) is 5.92. The Hall–Kier alpha value is -3.11. The molecule has 2 N–H and O–H groups in total. The molecule has 2 aromatic heterocycles. The molecule has 0 unspecified atom stereocenters. The van der Waals surface area contributed by atoms with Crippen LogP contribution in [0.2, 0.25) is 5.02 Å². The first-order valence-corrected chi connectivity index (χ1v) is 8.48. The largest absolute Gasteiger partial charge is 0.497 e. The normalized spacial score (nSPS) is 10.8. The Bertz CT molecular complexity index is 1080. The number of nitrogens with zero attached hydrogens (tertiary/aromatic N) is 2. The molecule has 0 atom stereocenters. The van der Waals surface area contributed by atoms with Crippen molar-refractivity contribution in [1.29, 1.82) is 0 Å². The Morgan fingerprint density at radius 2 is 1.62 bits per heavy atom. The van der Waals surface area contributed by atoms with Crippen LogP contribution in [0, 0.1) is 0 Å². The first kappa shape index (κ1) is 16.4. The molecule has 0 aliphatic heterocycles. The number of rotatable bonds is 3. The van der Waals surface area contributed by atoms with Gasteiger partial charge in [-0.25, -0.2) is 9.97 Å². The molecule has 5 heteroatoms. The quantitative estimate of drug-likeness (QED) is 0.544. The molecule has 0 fully saturated rings. The molecule has 0 spiro atoms. The van der Waals surface area contributed by atoms with E-state index in [-0.39, 0.29) is 0 Å². The lowest BCUT2D eigenvalue weighted by Crippen LogP contribution is -1.90. The summed E-state index contributed by atoms with van der Waals surface area (Å²) in [5.74, 6) is 1.31. The van der Waals surface area contributed by atoms with Gasteiger partial charge in [0.15, 0.2) is 0 Å². The molecule has 0 saturated heterocycles. The Balaban J connectivity index is 1.78. The van der Waals surface area contributed by atoms with E-state index in [0.29, 0.717) is 10.8 Å². The van der Waals surface area contributed by atoms with Crippen molar-refractivity contribution in [1.82, 2.24) is 9.97 Å². The molecule has 2 heterocycles. The molecule has 0 bridgehead atoms. The van der Waals surface area contributed by atoms with E-state index < -0.39 is 0 Å². The molecular formula is C21H16ClN3O. The van der Waals surface area contributed by atoms with Gasteiger partial charge in [0.25, 0.3) is 0 Å². The minimum Gasteiger partial charge on any atom is -0.497 e. The van der Waals surface area contributed by atoms with Crippen molar-refractivity contribution in [3.05, 3.63) is 71.9 Å². The van der Waals surface area contributed by atoms with Gasteiger partial charge in [-0.1, -0.05) is 17.7 Å². The van der Waals surface area contributed by atoms with Crippen molar-refractivity contribution in [3.63, 3.8) is 0 Å². The summed E-state index contributed by atoms with van der Waals surface area (Å²) >= 11 is 6.55. The number of nitrogens with two attached hydrogens (primary N) is 1. The van der Waals surface area contributed by atoms with Crippen molar-refractivity contribution < 1.29 is 4.74 Å². The number of pyridine rings is 2. The summed E-state index contributed by atoms with van der Waals surface area (Å²) in [5, 5.41) is 1.56. The second-order valence-corrected chi connectivity index (χ2v) is 6.33. The number of hydrogen-bond acceptors (Lipinski definition) is 4. The van der Waals surface area contributed by atoms with Gasteiger partial charge >= 0.3 is 0 Å². The number of halogens is 1. The average molecular weight is 362 g/mol. The number of fused-ring (bicyclic) bond motifs is 1. The molecule has 0 aliphatic rings. The van der Waals surface area contributed by atoms with Crippen LogP contribution in [0.3, 0.4) is 0 Å². The number of aromatic nitrogens is 2. The first-order valence-electron chi connectivity index (χ1n) is 8.11. The van der Waals surface area contributed by atoms with Crippen LogP contribution in [0.4, 0.5) is 5.82 Å². The maximum Gasteiger partial charge on any atom is 0.123 e. The SMILES string of the molecule is COc1ccc(-c2cc(Cl)c3cc(-c4ccc(N)nc4)ccc3n2)cc1. The van der Waals surface area contributed by atoms with Crippen molar-refractivity contribution in [2.24, 2.45) is 0 Å². The Morgan fingerprint density at radius 1 is 0.885 bits per heavy atom. The predicted octanol–water partition coefficient (Wildman–Crippen LogP) is 5.21. The monoisotopic (exact) mass is 361 g/mol. The topological polar surface area (TPSA) is 61.0 Å². The molecule has 26 heavy (non-hydrogen) atoms. The summed E-state index contributed by atoms with van der Waals surface area (Å²) < 4.78 is 5.20. The minimum atomic E-state index is 0.498. The molecular weight excluding hydrogens is 346 g/mol. The second kappa shape index (κ2) is 6.65. The highest BCUT2D eigenvalue weighted by molar-refractivity contribution is 6.35. The third kappa shape index (κ3) is 3.07. The summed E-state index contributed by atoms with van der Waals surface area (Å²) in [4.78, 5) is 8.89. The molecule has 0 radical (unpaired) electrons. The van der Waals surface area contributed by atoms with E-state index in [4.69, 9.17) is 27.1 Å². The third-order valence-corrected chi connectivity index (χ3v) is 4.58. The number of benzene rings is 2. The summed E-state index contributed by atoms with van der Waals surface area (Å²) in [7, 11) is 1.65. The lowest BCUT2D eigenvalue weighted by Gasteiger charge is -2.09. The molecule has 4 nitrogen and oxygen atoms in total. The number of methoxy groups -OCH3 is 1. The van der Waals surface area contributed by atoms with Gasteiger partial charge in [-0.05, 0) is 60.2 Å². The molecule has 4 aromatic rings. The predicted molar refractivity (Wildman–Crippen MR) is 106 cm³/mol. The number of ether oxygens (including phenoxy) is 1. The molecule has 0 saturated carbocycles. The molecule has 128 valence electrons. The van der Waals surface area contributed by atoms with Gasteiger partial charge < -0.3 is 10.5 Å².